The number of carbonyl (C=O) groups is 2. The molecular formula is C23H29ClN4O4S. The van der Waals surface area contributed by atoms with Crippen LogP contribution in [0.4, 0.5) is 0 Å². The molecule has 0 spiro atoms. The maximum atomic E-state index is 13.0. The zero-order chi connectivity index (χ0) is 23.8. The highest BCUT2D eigenvalue weighted by atomic mass is 35.5. The number of fused-ring (bicyclic) bond motifs is 1. The molecule has 1 aliphatic heterocycles. The molecule has 1 saturated heterocycles. The van der Waals surface area contributed by atoms with Crippen molar-refractivity contribution in [3.05, 3.63) is 41.4 Å². The van der Waals surface area contributed by atoms with Crippen LogP contribution in [0.5, 0.6) is 0 Å². The Bertz CT molecular complexity index is 1170. The third kappa shape index (κ3) is 5.32. The molecule has 2 aliphatic rings. The lowest BCUT2D eigenvalue weighted by molar-refractivity contribution is -0.143. The molecule has 0 bridgehead atoms. The van der Waals surface area contributed by atoms with Crippen LogP contribution in [0.3, 0.4) is 0 Å². The van der Waals surface area contributed by atoms with Gasteiger partial charge < -0.3 is 15.5 Å². The van der Waals surface area contributed by atoms with Crippen LogP contribution in [0.25, 0.3) is 10.8 Å². The zero-order valence-electron chi connectivity index (χ0n) is 18.5. The number of sulfonamides is 1. The minimum absolute atomic E-state index is 0.0752. The van der Waals surface area contributed by atoms with Gasteiger partial charge in [-0.3, -0.25) is 9.59 Å². The Kier molecular flexibility index (Phi) is 6.95. The fourth-order valence-electron chi connectivity index (χ4n) is 4.27. The monoisotopic (exact) mass is 492 g/mol. The highest BCUT2D eigenvalue weighted by Gasteiger charge is 2.40. The van der Waals surface area contributed by atoms with E-state index in [9.17, 15) is 18.0 Å². The maximum Gasteiger partial charge on any atom is 0.245 e. The molecule has 4 rings (SSSR count). The third-order valence-corrected chi connectivity index (χ3v) is 8.04. The van der Waals surface area contributed by atoms with Gasteiger partial charge in [0, 0.05) is 31.2 Å². The molecular weight excluding hydrogens is 464 g/mol. The first-order valence-electron chi connectivity index (χ1n) is 11.2. The molecule has 2 amide bonds. The Hall–Kier alpha value is -2.20. The Balaban J connectivity index is 1.44. The van der Waals surface area contributed by atoms with Gasteiger partial charge in [0.2, 0.25) is 21.8 Å². The van der Waals surface area contributed by atoms with E-state index in [2.05, 4.69) is 4.72 Å². The maximum absolute atomic E-state index is 13.0. The molecule has 0 unspecified atom stereocenters. The lowest BCUT2D eigenvalue weighted by atomic mass is 10.1. The summed E-state index contributed by atoms with van der Waals surface area (Å²) in [5.41, 5.74) is 5.68. The lowest BCUT2D eigenvalue weighted by Gasteiger charge is -2.30. The van der Waals surface area contributed by atoms with Gasteiger partial charge in [-0.05, 0) is 67.1 Å². The molecule has 2 fully saturated rings. The highest BCUT2D eigenvalue weighted by molar-refractivity contribution is 7.89. The number of hydrogen-bond acceptors (Lipinski definition) is 5. The van der Waals surface area contributed by atoms with Gasteiger partial charge >= 0.3 is 0 Å². The number of amides is 2. The van der Waals surface area contributed by atoms with E-state index in [0.717, 1.165) is 23.6 Å². The molecule has 2 aromatic rings. The molecule has 178 valence electrons. The topological polar surface area (TPSA) is 113 Å². The Labute approximate surface area is 199 Å². The predicted molar refractivity (Wildman–Crippen MR) is 127 cm³/mol. The SMILES string of the molecule is C[C@@H](C(=O)N(CCN)CC1CC1)N1CC[C@H](NS(=O)(=O)c2ccc3cc(Cl)ccc3c2)C1=O. The molecule has 1 saturated carbocycles. The van der Waals surface area contributed by atoms with Crippen molar-refractivity contribution in [2.45, 2.75) is 43.2 Å². The number of benzene rings is 2. The summed E-state index contributed by atoms with van der Waals surface area (Å²) in [6.45, 7) is 3.48. The average molecular weight is 493 g/mol. The van der Waals surface area contributed by atoms with Crippen molar-refractivity contribution >= 4 is 44.2 Å². The molecule has 33 heavy (non-hydrogen) atoms. The summed E-state index contributed by atoms with van der Waals surface area (Å²) in [4.78, 5) is 29.3. The first kappa shape index (κ1) is 23.9. The normalized spacial score (nSPS) is 19.8. The molecule has 2 atom stereocenters. The summed E-state index contributed by atoms with van der Waals surface area (Å²) in [7, 11) is -3.92. The van der Waals surface area contributed by atoms with Crippen LogP contribution < -0.4 is 10.5 Å². The van der Waals surface area contributed by atoms with E-state index >= 15 is 0 Å². The summed E-state index contributed by atoms with van der Waals surface area (Å²) in [5.74, 6) is -0.0111. The van der Waals surface area contributed by atoms with E-state index in [1.807, 2.05) is 0 Å². The van der Waals surface area contributed by atoms with Crippen molar-refractivity contribution in [2.24, 2.45) is 11.7 Å². The van der Waals surface area contributed by atoms with Gasteiger partial charge in [-0.1, -0.05) is 23.7 Å². The van der Waals surface area contributed by atoms with E-state index < -0.39 is 22.1 Å². The second kappa shape index (κ2) is 9.58. The fraction of sp³-hybridized carbons (Fsp3) is 0.478. The number of hydrogen-bond donors (Lipinski definition) is 2. The smallest absolute Gasteiger partial charge is 0.245 e. The first-order valence-corrected chi connectivity index (χ1v) is 13.1. The number of nitrogens with zero attached hydrogens (tertiary/aromatic N) is 2. The van der Waals surface area contributed by atoms with E-state index in [0.29, 0.717) is 43.5 Å². The van der Waals surface area contributed by atoms with Crippen LogP contribution in [-0.2, 0) is 19.6 Å². The second-order valence-corrected chi connectivity index (χ2v) is 11.0. The highest BCUT2D eigenvalue weighted by Crippen LogP contribution is 2.30. The summed E-state index contributed by atoms with van der Waals surface area (Å²) < 4.78 is 28.5. The van der Waals surface area contributed by atoms with Gasteiger partial charge in [-0.15, -0.1) is 0 Å². The molecule has 1 aliphatic carbocycles. The summed E-state index contributed by atoms with van der Waals surface area (Å²) in [6.07, 6.45) is 2.52. The third-order valence-electron chi connectivity index (χ3n) is 6.33. The largest absolute Gasteiger partial charge is 0.339 e. The van der Waals surface area contributed by atoms with Crippen molar-refractivity contribution in [2.75, 3.05) is 26.2 Å². The standard InChI is InChI=1S/C23H29ClN4O4S/c1-15(22(29)27(11-9-25)14-16-2-3-16)28-10-8-21(23(28)30)26-33(31,32)20-7-5-17-12-19(24)6-4-18(17)13-20/h4-7,12-13,15-16,21,26H,2-3,8-11,14,25H2,1H3/t15-,21-/m0/s1. The molecule has 2 aromatic carbocycles. The van der Waals surface area contributed by atoms with Gasteiger partial charge in [0.25, 0.3) is 0 Å². The van der Waals surface area contributed by atoms with Crippen molar-refractivity contribution < 1.29 is 18.0 Å². The quantitative estimate of drug-likeness (QED) is 0.555. The summed E-state index contributed by atoms with van der Waals surface area (Å²) in [5, 5.41) is 2.13. The van der Waals surface area contributed by atoms with Crippen molar-refractivity contribution in [1.29, 1.82) is 0 Å². The molecule has 0 aromatic heterocycles. The van der Waals surface area contributed by atoms with Crippen LogP contribution in [0.2, 0.25) is 5.02 Å². The summed E-state index contributed by atoms with van der Waals surface area (Å²) >= 11 is 6.00. The van der Waals surface area contributed by atoms with Gasteiger partial charge in [0.05, 0.1) is 4.90 Å². The minimum atomic E-state index is -3.92. The van der Waals surface area contributed by atoms with Crippen LogP contribution in [0.15, 0.2) is 41.3 Å². The number of nitrogens with one attached hydrogen (secondary N) is 1. The van der Waals surface area contributed by atoms with Crippen molar-refractivity contribution in [3.63, 3.8) is 0 Å². The van der Waals surface area contributed by atoms with E-state index in [4.69, 9.17) is 17.3 Å². The number of likely N-dealkylation sites (tertiary alicyclic amines) is 1. The number of halogens is 1. The fourth-order valence-corrected chi connectivity index (χ4v) is 5.71. The number of nitrogens with two attached hydrogens (primary N) is 1. The van der Waals surface area contributed by atoms with Gasteiger partial charge in [-0.25, -0.2) is 8.42 Å². The number of rotatable bonds is 9. The molecule has 8 nitrogen and oxygen atoms in total. The molecule has 3 N–H and O–H groups in total. The Morgan fingerprint density at radius 3 is 2.61 bits per heavy atom. The lowest BCUT2D eigenvalue weighted by Crippen LogP contribution is -2.51. The van der Waals surface area contributed by atoms with Gasteiger partial charge in [0.1, 0.15) is 12.1 Å². The second-order valence-electron chi connectivity index (χ2n) is 8.84. The Morgan fingerprint density at radius 1 is 1.21 bits per heavy atom. The molecule has 0 radical (unpaired) electrons. The average Bonchev–Trinajstić information content (AvgIpc) is 3.54. The van der Waals surface area contributed by atoms with Gasteiger partial charge in [0.15, 0.2) is 0 Å². The van der Waals surface area contributed by atoms with Gasteiger partial charge in [-0.2, -0.15) is 4.72 Å². The number of carbonyl (C=O) groups excluding carboxylic acids is 2. The van der Waals surface area contributed by atoms with Crippen molar-refractivity contribution in [3.8, 4) is 0 Å². The zero-order valence-corrected chi connectivity index (χ0v) is 20.1. The van der Waals surface area contributed by atoms with E-state index in [1.165, 1.54) is 11.0 Å². The molecule has 1 heterocycles. The van der Waals surface area contributed by atoms with Crippen LogP contribution >= 0.6 is 11.6 Å². The molecule has 10 heteroatoms. The Morgan fingerprint density at radius 2 is 1.91 bits per heavy atom. The predicted octanol–water partition coefficient (Wildman–Crippen LogP) is 1.96. The van der Waals surface area contributed by atoms with E-state index in [1.54, 1.807) is 42.2 Å². The van der Waals surface area contributed by atoms with Crippen LogP contribution in [0.1, 0.15) is 26.2 Å². The van der Waals surface area contributed by atoms with Crippen LogP contribution in [0, 0.1) is 5.92 Å². The van der Waals surface area contributed by atoms with E-state index in [-0.39, 0.29) is 16.7 Å². The van der Waals surface area contributed by atoms with Crippen molar-refractivity contribution in [1.82, 2.24) is 14.5 Å². The van der Waals surface area contributed by atoms with Crippen LogP contribution in [-0.4, -0.2) is 68.3 Å². The first-order chi connectivity index (χ1) is 15.7. The minimum Gasteiger partial charge on any atom is -0.339 e. The summed E-state index contributed by atoms with van der Waals surface area (Å²) in [6, 6.07) is 8.37.